The van der Waals surface area contributed by atoms with Crippen LogP contribution >= 0.6 is 23.2 Å². The highest BCUT2D eigenvalue weighted by atomic mass is 35.5. The fourth-order valence-corrected chi connectivity index (χ4v) is 5.68. The molecular formula is C28H32Cl2N2O3. The van der Waals surface area contributed by atoms with E-state index < -0.39 is 16.8 Å². The van der Waals surface area contributed by atoms with Crippen LogP contribution in [0.4, 0.5) is 0 Å². The molecule has 1 aliphatic rings. The van der Waals surface area contributed by atoms with Gasteiger partial charge in [0.05, 0.1) is 29.4 Å². The second-order valence-electron chi connectivity index (χ2n) is 10.5. The van der Waals surface area contributed by atoms with Gasteiger partial charge in [-0.15, -0.1) is 0 Å². The van der Waals surface area contributed by atoms with Gasteiger partial charge in [0.2, 0.25) is 5.91 Å². The summed E-state index contributed by atoms with van der Waals surface area (Å²) in [4.78, 5) is 27.9. The van der Waals surface area contributed by atoms with Gasteiger partial charge in [-0.05, 0) is 68.5 Å². The lowest BCUT2D eigenvalue weighted by Crippen LogP contribution is -2.56. The molecule has 7 heteroatoms. The van der Waals surface area contributed by atoms with E-state index in [0.717, 1.165) is 11.1 Å². The molecule has 1 N–H and O–H groups in total. The van der Waals surface area contributed by atoms with Gasteiger partial charge in [-0.3, -0.25) is 9.59 Å². The van der Waals surface area contributed by atoms with E-state index in [1.165, 1.54) is 0 Å². The highest BCUT2D eigenvalue weighted by Crippen LogP contribution is 2.53. The van der Waals surface area contributed by atoms with E-state index >= 15 is 0 Å². The Kier molecular flexibility index (Phi) is 8.19. The molecule has 0 radical (unpaired) electrons. The van der Waals surface area contributed by atoms with E-state index in [-0.39, 0.29) is 30.3 Å². The Labute approximate surface area is 217 Å². The van der Waals surface area contributed by atoms with Crippen molar-refractivity contribution in [3.63, 3.8) is 0 Å². The summed E-state index contributed by atoms with van der Waals surface area (Å²) in [6.07, 6.45) is 1.19. The number of nitriles is 1. The maximum atomic E-state index is 14.2. The van der Waals surface area contributed by atoms with Gasteiger partial charge >= 0.3 is 5.97 Å². The predicted octanol–water partition coefficient (Wildman–Crippen LogP) is 7.25. The molecule has 186 valence electrons. The molecule has 2 aromatic carbocycles. The summed E-state index contributed by atoms with van der Waals surface area (Å²) < 4.78 is 0. The van der Waals surface area contributed by atoms with Crippen LogP contribution in [0.2, 0.25) is 10.0 Å². The zero-order valence-electron chi connectivity index (χ0n) is 20.6. The number of hydrogen-bond donors (Lipinski definition) is 1. The first-order valence-corrected chi connectivity index (χ1v) is 12.6. The van der Waals surface area contributed by atoms with Crippen molar-refractivity contribution in [2.75, 3.05) is 0 Å². The minimum Gasteiger partial charge on any atom is -0.481 e. The monoisotopic (exact) mass is 514 g/mol. The minimum atomic E-state index is -1.11. The Morgan fingerprint density at radius 2 is 1.86 bits per heavy atom. The van der Waals surface area contributed by atoms with Crippen molar-refractivity contribution < 1.29 is 14.7 Å². The van der Waals surface area contributed by atoms with Crippen LogP contribution in [0, 0.1) is 22.2 Å². The second kappa shape index (κ2) is 10.6. The summed E-state index contributed by atoms with van der Waals surface area (Å²) in [6, 6.07) is 16.7. The van der Waals surface area contributed by atoms with Crippen molar-refractivity contribution in [3.8, 4) is 6.07 Å². The standard InChI is InChI=1S/C28H32Cl2N2O3/c1-5-22(14-27(2,3)17-31)32-25(18-9-11-20(29)12-10-18)23(19-7-6-8-21(30)13-19)15-28(4,26(32)35)16-24(33)34/h6-13,22-23,25H,5,14-16H2,1-4H3,(H,33,34)/t22-,23+,25?,28+/m0/s1. The zero-order valence-corrected chi connectivity index (χ0v) is 22.1. The van der Waals surface area contributed by atoms with Crippen LogP contribution in [-0.4, -0.2) is 27.9 Å². The number of aliphatic carboxylic acids is 1. The number of halogens is 2. The van der Waals surface area contributed by atoms with Crippen LogP contribution in [0.3, 0.4) is 0 Å². The lowest BCUT2D eigenvalue weighted by Gasteiger charge is -2.52. The summed E-state index contributed by atoms with van der Waals surface area (Å²) in [5.74, 6) is -1.41. The first-order valence-electron chi connectivity index (χ1n) is 11.9. The molecule has 1 unspecified atom stereocenters. The van der Waals surface area contributed by atoms with E-state index in [1.807, 2.05) is 56.0 Å². The number of carbonyl (C=O) groups is 2. The van der Waals surface area contributed by atoms with Crippen LogP contribution < -0.4 is 0 Å². The molecule has 5 nitrogen and oxygen atoms in total. The average Bonchev–Trinajstić information content (AvgIpc) is 2.79. The number of benzene rings is 2. The maximum Gasteiger partial charge on any atom is 0.304 e. The van der Waals surface area contributed by atoms with E-state index in [1.54, 1.807) is 25.1 Å². The molecule has 1 fully saturated rings. The van der Waals surface area contributed by atoms with E-state index in [4.69, 9.17) is 23.2 Å². The van der Waals surface area contributed by atoms with Crippen molar-refractivity contribution in [1.29, 1.82) is 5.26 Å². The van der Waals surface area contributed by atoms with Crippen molar-refractivity contribution >= 4 is 35.1 Å². The van der Waals surface area contributed by atoms with Gasteiger partial charge in [-0.25, -0.2) is 0 Å². The summed E-state index contributed by atoms with van der Waals surface area (Å²) in [5.41, 5.74) is 0.100. The van der Waals surface area contributed by atoms with Gasteiger partial charge in [-0.1, -0.05) is 61.3 Å². The Bertz CT molecular complexity index is 1130. The Morgan fingerprint density at radius 1 is 1.20 bits per heavy atom. The number of rotatable bonds is 8. The molecule has 0 aliphatic carbocycles. The number of likely N-dealkylation sites (tertiary alicyclic amines) is 1. The summed E-state index contributed by atoms with van der Waals surface area (Å²) >= 11 is 12.6. The van der Waals surface area contributed by atoms with Gasteiger partial charge in [0, 0.05) is 22.0 Å². The van der Waals surface area contributed by atoms with Crippen molar-refractivity contribution in [3.05, 3.63) is 69.7 Å². The molecule has 1 aliphatic heterocycles. The molecule has 0 bridgehead atoms. The van der Waals surface area contributed by atoms with Gasteiger partial charge < -0.3 is 10.0 Å². The third-order valence-corrected chi connectivity index (χ3v) is 7.53. The highest BCUT2D eigenvalue weighted by Gasteiger charge is 2.52. The van der Waals surface area contributed by atoms with Crippen LogP contribution in [0.25, 0.3) is 0 Å². The largest absolute Gasteiger partial charge is 0.481 e. The number of piperidine rings is 1. The molecule has 3 rings (SSSR count). The minimum absolute atomic E-state index is 0.196. The zero-order chi connectivity index (χ0) is 26.0. The van der Waals surface area contributed by atoms with Gasteiger partial charge in [0.15, 0.2) is 0 Å². The van der Waals surface area contributed by atoms with Crippen LogP contribution in [-0.2, 0) is 9.59 Å². The molecule has 0 aromatic heterocycles. The molecule has 1 heterocycles. The van der Waals surface area contributed by atoms with Crippen LogP contribution in [0.15, 0.2) is 48.5 Å². The Hall–Kier alpha value is -2.55. The quantitative estimate of drug-likeness (QED) is 0.402. The normalized spacial score (nSPS) is 23.6. The van der Waals surface area contributed by atoms with E-state index in [9.17, 15) is 20.0 Å². The number of hydrogen-bond acceptors (Lipinski definition) is 3. The molecule has 1 saturated heterocycles. The predicted molar refractivity (Wildman–Crippen MR) is 138 cm³/mol. The first kappa shape index (κ1) is 27.0. The summed E-state index contributed by atoms with van der Waals surface area (Å²) in [5, 5.41) is 20.6. The second-order valence-corrected chi connectivity index (χ2v) is 11.3. The van der Waals surface area contributed by atoms with Crippen LogP contribution in [0.1, 0.15) is 76.5 Å². The SMILES string of the molecule is CC[C@@H](CC(C)(C)C#N)N1C(=O)[C@@](C)(CC(=O)O)C[C@H](c2cccc(Cl)c2)C1c1ccc(Cl)cc1. The lowest BCUT2D eigenvalue weighted by atomic mass is 9.66. The molecular weight excluding hydrogens is 483 g/mol. The van der Waals surface area contributed by atoms with E-state index in [0.29, 0.717) is 29.3 Å². The Morgan fingerprint density at radius 3 is 2.40 bits per heavy atom. The molecule has 0 saturated carbocycles. The number of carboxylic acid groups (broad SMARTS) is 1. The first-order chi connectivity index (χ1) is 16.4. The fourth-order valence-electron chi connectivity index (χ4n) is 5.35. The number of carboxylic acids is 1. The summed E-state index contributed by atoms with van der Waals surface area (Å²) in [7, 11) is 0. The number of amides is 1. The van der Waals surface area contributed by atoms with Crippen molar-refractivity contribution in [2.24, 2.45) is 10.8 Å². The third kappa shape index (κ3) is 6.00. The fraction of sp³-hybridized carbons (Fsp3) is 0.464. The topological polar surface area (TPSA) is 81.4 Å². The lowest BCUT2D eigenvalue weighted by molar-refractivity contribution is -0.161. The third-order valence-electron chi connectivity index (χ3n) is 7.05. The van der Waals surface area contributed by atoms with Gasteiger partial charge in [-0.2, -0.15) is 5.26 Å². The van der Waals surface area contributed by atoms with Crippen molar-refractivity contribution in [1.82, 2.24) is 4.90 Å². The summed E-state index contributed by atoms with van der Waals surface area (Å²) in [6.45, 7) is 7.48. The molecule has 4 atom stereocenters. The van der Waals surface area contributed by atoms with Gasteiger partial charge in [0.1, 0.15) is 0 Å². The highest BCUT2D eigenvalue weighted by molar-refractivity contribution is 6.30. The van der Waals surface area contributed by atoms with E-state index in [2.05, 4.69) is 6.07 Å². The Balaban J connectivity index is 2.25. The maximum absolute atomic E-state index is 14.2. The molecule has 35 heavy (non-hydrogen) atoms. The molecule has 1 amide bonds. The van der Waals surface area contributed by atoms with Gasteiger partial charge in [0.25, 0.3) is 0 Å². The number of nitrogens with zero attached hydrogens (tertiary/aromatic N) is 2. The smallest absolute Gasteiger partial charge is 0.304 e. The van der Waals surface area contributed by atoms with Crippen LogP contribution in [0.5, 0.6) is 0 Å². The average molecular weight is 515 g/mol. The van der Waals surface area contributed by atoms with Crippen molar-refractivity contribution in [2.45, 2.75) is 71.4 Å². The molecule has 2 aromatic rings. The number of carbonyl (C=O) groups excluding carboxylic acids is 1. The molecule has 0 spiro atoms.